The van der Waals surface area contributed by atoms with E-state index in [1.54, 1.807) is 0 Å². The molecule has 0 aliphatic carbocycles. The summed E-state index contributed by atoms with van der Waals surface area (Å²) >= 11 is 1.94. The highest BCUT2D eigenvalue weighted by Gasteiger charge is 2.42. The predicted molar refractivity (Wildman–Crippen MR) is 253 cm³/mol. The third-order valence-corrected chi connectivity index (χ3v) is 18.5. The Labute approximate surface area is 349 Å². The number of benzene rings is 9. The Morgan fingerprint density at radius 1 is 0.424 bits per heavy atom. The van der Waals surface area contributed by atoms with E-state index in [2.05, 4.69) is 223 Å². The monoisotopic (exact) mass is 785 g/mol. The molecule has 0 amide bonds. The lowest BCUT2D eigenvalue weighted by Gasteiger charge is -2.35. The van der Waals surface area contributed by atoms with Crippen molar-refractivity contribution >= 4 is 79.2 Å². The first kappa shape index (κ1) is 34.3. The van der Waals surface area contributed by atoms with Crippen LogP contribution in [0.15, 0.2) is 223 Å². The summed E-state index contributed by atoms with van der Waals surface area (Å²) < 4.78 is 9.56. The Kier molecular flexibility index (Phi) is 7.94. The molecule has 0 spiro atoms. The summed E-state index contributed by atoms with van der Waals surface area (Å²) in [6.07, 6.45) is 0. The quantitative estimate of drug-likeness (QED) is 0.123. The van der Waals surface area contributed by atoms with Gasteiger partial charge in [-0.05, 0) is 84.3 Å². The number of rotatable bonds is 6. The van der Waals surface area contributed by atoms with Crippen molar-refractivity contribution in [2.75, 3.05) is 0 Å². The van der Waals surface area contributed by atoms with Crippen LogP contribution in [0.1, 0.15) is 0 Å². The van der Waals surface area contributed by atoms with Crippen LogP contribution in [-0.2, 0) is 0 Å². The highest BCUT2D eigenvalue weighted by atomic mass is 32.2. The minimum absolute atomic E-state index is 0.112. The van der Waals surface area contributed by atoms with Crippen LogP contribution in [0.4, 0.5) is 0 Å². The standard InChI is InChI=1S/C54H36BNOSSi/c1-4-18-40(19-5-1)59(41-20-6-2-7-21-41,42-22-8-3-9-23-42)43-24-16-17-37(33-43)38-31-32-48-51(34-38)57-52-36-39(35-47-46-27-12-15-30-53(46)58-55(48)54(47)52)56-49-28-13-10-25-44(49)45-26-11-14-29-50(45)56/h1-36H. The Morgan fingerprint density at radius 2 is 0.983 bits per heavy atom. The van der Waals surface area contributed by atoms with Gasteiger partial charge in [-0.1, -0.05) is 182 Å². The Hall–Kier alpha value is -6.79. The molecule has 0 saturated carbocycles. The zero-order chi connectivity index (χ0) is 38.9. The van der Waals surface area contributed by atoms with E-state index in [0.29, 0.717) is 0 Å². The molecule has 0 fully saturated rings. The average molecular weight is 786 g/mol. The first-order chi connectivity index (χ1) is 29.3. The van der Waals surface area contributed by atoms with E-state index in [1.807, 2.05) is 11.6 Å². The second-order valence-electron chi connectivity index (χ2n) is 15.6. The molecule has 0 bridgehead atoms. The van der Waals surface area contributed by atoms with Gasteiger partial charge in [0.2, 0.25) is 0 Å². The molecule has 2 aliphatic rings. The fourth-order valence-electron chi connectivity index (χ4n) is 9.85. The topological polar surface area (TPSA) is 14.2 Å². The highest BCUT2D eigenvalue weighted by Crippen LogP contribution is 2.45. The fourth-order valence-corrected chi connectivity index (χ4v) is 16.0. The third kappa shape index (κ3) is 5.28. The fraction of sp³-hybridized carbons (Fsp3) is 0. The van der Waals surface area contributed by atoms with Crippen LogP contribution in [-0.4, -0.2) is 18.6 Å². The molecule has 0 unspecified atom stereocenters. The van der Waals surface area contributed by atoms with Gasteiger partial charge >= 0.3 is 0 Å². The van der Waals surface area contributed by atoms with Crippen LogP contribution in [0.2, 0.25) is 0 Å². The number of ether oxygens (including phenoxy) is 1. The Morgan fingerprint density at radius 3 is 1.64 bits per heavy atom. The number of nitrogens with zero attached hydrogens (tertiary/aromatic N) is 1. The molecule has 1 aromatic heterocycles. The third-order valence-electron chi connectivity index (χ3n) is 12.4. The molecular weight excluding hydrogens is 750 g/mol. The summed E-state index contributed by atoms with van der Waals surface area (Å²) in [7, 11) is -2.70. The van der Waals surface area contributed by atoms with E-state index in [9.17, 15) is 0 Å². The van der Waals surface area contributed by atoms with E-state index in [1.165, 1.54) is 75.1 Å². The van der Waals surface area contributed by atoms with E-state index in [-0.39, 0.29) is 5.99 Å². The van der Waals surface area contributed by atoms with Crippen LogP contribution in [0.3, 0.4) is 0 Å². The minimum atomic E-state index is -2.70. The molecule has 0 saturated heterocycles. The maximum Gasteiger partial charge on any atom is 0.289 e. The van der Waals surface area contributed by atoms with Crippen LogP contribution in [0.25, 0.3) is 49.7 Å². The molecule has 5 heteroatoms. The molecule has 9 aromatic carbocycles. The Balaban J connectivity index is 1.03. The van der Waals surface area contributed by atoms with Gasteiger partial charge in [0.25, 0.3) is 5.99 Å². The molecular formula is C54H36BNOSSi. The zero-order valence-corrected chi connectivity index (χ0v) is 33.9. The summed E-state index contributed by atoms with van der Waals surface area (Å²) in [5.41, 5.74) is 10.8. The first-order valence-electron chi connectivity index (χ1n) is 20.3. The maximum absolute atomic E-state index is 7.15. The molecule has 12 rings (SSSR count). The van der Waals surface area contributed by atoms with Gasteiger partial charge in [0.05, 0.1) is 16.7 Å². The van der Waals surface area contributed by atoms with E-state index >= 15 is 0 Å². The minimum Gasteiger partial charge on any atom is -0.458 e. The summed E-state index contributed by atoms with van der Waals surface area (Å²) in [6, 6.07) is 80.6. The lowest BCUT2D eigenvalue weighted by molar-refractivity contribution is 0.488. The lowest BCUT2D eigenvalue weighted by atomic mass is 9.57. The largest absolute Gasteiger partial charge is 0.458 e. The SMILES string of the molecule is c1ccc([Si](c2ccccc2)(c2ccccc2)c2cccc(-c3ccc4c(c3)Oc3cc(-n5c6ccccc6c6ccccc65)cc5c3B4Sc3ccccc3-5)c2)cc1. The van der Waals surface area contributed by atoms with Crippen molar-refractivity contribution in [2.45, 2.75) is 4.90 Å². The van der Waals surface area contributed by atoms with Gasteiger partial charge in [-0.3, -0.25) is 0 Å². The van der Waals surface area contributed by atoms with Crippen molar-refractivity contribution in [1.82, 2.24) is 4.57 Å². The van der Waals surface area contributed by atoms with Crippen LogP contribution in [0, 0.1) is 0 Å². The van der Waals surface area contributed by atoms with Crippen LogP contribution < -0.4 is 36.4 Å². The Bertz CT molecular complexity index is 3090. The van der Waals surface area contributed by atoms with Gasteiger partial charge in [-0.2, -0.15) is 11.6 Å². The lowest BCUT2D eigenvalue weighted by Crippen LogP contribution is -2.74. The van der Waals surface area contributed by atoms with Gasteiger partial charge < -0.3 is 9.30 Å². The average Bonchev–Trinajstić information content (AvgIpc) is 3.65. The van der Waals surface area contributed by atoms with Gasteiger partial charge in [-0.15, -0.1) is 0 Å². The highest BCUT2D eigenvalue weighted by molar-refractivity contribution is 8.28. The van der Waals surface area contributed by atoms with Crippen molar-refractivity contribution in [3.8, 4) is 39.4 Å². The van der Waals surface area contributed by atoms with E-state index in [0.717, 1.165) is 22.7 Å². The molecule has 0 N–H and O–H groups in total. The summed E-state index contributed by atoms with van der Waals surface area (Å²) in [5, 5.41) is 7.95. The number of hydrogen-bond donors (Lipinski definition) is 0. The van der Waals surface area contributed by atoms with Gasteiger partial charge in [0.1, 0.15) is 11.5 Å². The van der Waals surface area contributed by atoms with Crippen LogP contribution >= 0.6 is 11.6 Å². The normalized spacial score (nSPS) is 12.8. The van der Waals surface area contributed by atoms with Crippen molar-refractivity contribution in [3.05, 3.63) is 218 Å². The molecule has 0 radical (unpaired) electrons. The molecule has 276 valence electrons. The first-order valence-corrected chi connectivity index (χ1v) is 23.2. The second-order valence-corrected chi connectivity index (χ2v) is 20.5. The van der Waals surface area contributed by atoms with Crippen molar-refractivity contribution < 1.29 is 4.74 Å². The summed E-state index contributed by atoms with van der Waals surface area (Å²) in [4.78, 5) is 1.30. The summed E-state index contributed by atoms with van der Waals surface area (Å²) in [5.74, 6) is 1.95. The molecule has 2 aliphatic heterocycles. The summed E-state index contributed by atoms with van der Waals surface area (Å²) in [6.45, 7) is 0. The number of para-hydroxylation sites is 2. The molecule has 59 heavy (non-hydrogen) atoms. The van der Waals surface area contributed by atoms with E-state index in [4.69, 9.17) is 4.74 Å². The van der Waals surface area contributed by atoms with Crippen LogP contribution in [0.5, 0.6) is 11.5 Å². The molecule has 10 aromatic rings. The van der Waals surface area contributed by atoms with Gasteiger partial charge in [0.15, 0.2) is 8.07 Å². The van der Waals surface area contributed by atoms with Crippen molar-refractivity contribution in [2.24, 2.45) is 0 Å². The number of aromatic nitrogens is 1. The van der Waals surface area contributed by atoms with Crippen molar-refractivity contribution in [3.63, 3.8) is 0 Å². The maximum atomic E-state index is 7.15. The number of fused-ring (bicyclic) bond motifs is 7. The van der Waals surface area contributed by atoms with Gasteiger partial charge in [0, 0.05) is 21.7 Å². The predicted octanol–water partition coefficient (Wildman–Crippen LogP) is 9.81. The zero-order valence-electron chi connectivity index (χ0n) is 32.1. The molecule has 0 atom stereocenters. The van der Waals surface area contributed by atoms with Gasteiger partial charge in [-0.25, -0.2) is 0 Å². The number of hydrogen-bond acceptors (Lipinski definition) is 2. The smallest absolute Gasteiger partial charge is 0.289 e. The molecule has 2 nitrogen and oxygen atoms in total. The molecule has 3 heterocycles. The second kappa shape index (κ2) is 13.7. The van der Waals surface area contributed by atoms with Crippen molar-refractivity contribution in [1.29, 1.82) is 0 Å². The van der Waals surface area contributed by atoms with E-state index < -0.39 is 8.07 Å².